The van der Waals surface area contributed by atoms with Crippen molar-refractivity contribution < 1.29 is 62.0 Å². The van der Waals surface area contributed by atoms with Crippen molar-refractivity contribution in [3.63, 3.8) is 0 Å². The zero-order chi connectivity index (χ0) is 47.0. The van der Waals surface area contributed by atoms with Crippen LogP contribution >= 0.6 is 0 Å². The van der Waals surface area contributed by atoms with Crippen molar-refractivity contribution in [2.45, 2.75) is 218 Å². The molecule has 4 saturated carbocycles. The topological polar surface area (TPSA) is 175 Å². The second-order valence-corrected chi connectivity index (χ2v) is 20.2. The summed E-state index contributed by atoms with van der Waals surface area (Å²) in [5, 5.41) is 0. The Morgan fingerprint density at radius 1 is 0.288 bits per heavy atom. The molecule has 0 atom stereocenters. The Morgan fingerprint density at radius 3 is 0.727 bits per heavy atom. The summed E-state index contributed by atoms with van der Waals surface area (Å²) < 4.78 is 33.3. The number of carbonyl (C=O) groups excluding carboxylic acids is 7. The number of Topliss-reactive ketones (excluding diaryl/α,β-unsaturated/α-hetero) is 1. The highest BCUT2D eigenvalue weighted by Crippen LogP contribution is 2.30. The van der Waals surface area contributed by atoms with E-state index in [0.29, 0.717) is 49.4 Å². The van der Waals surface area contributed by atoms with Crippen molar-refractivity contribution in [2.24, 2.45) is 35.5 Å². The van der Waals surface area contributed by atoms with Gasteiger partial charge < -0.3 is 28.4 Å². The molecule has 0 saturated heterocycles. The molecule has 376 valence electrons. The van der Waals surface area contributed by atoms with Crippen LogP contribution < -0.4 is 0 Å². The largest absolute Gasteiger partial charge is 0.465 e. The zero-order valence-corrected chi connectivity index (χ0v) is 40.6. The molecule has 13 nitrogen and oxygen atoms in total. The molecule has 66 heavy (non-hydrogen) atoms. The molecule has 0 spiro atoms. The molecule has 0 radical (unpaired) electrons. The van der Waals surface area contributed by atoms with Gasteiger partial charge in [0.15, 0.2) is 0 Å². The molecule has 0 aromatic heterocycles. The van der Waals surface area contributed by atoms with E-state index in [1.807, 2.05) is 0 Å². The highest BCUT2D eigenvalue weighted by Gasteiger charge is 2.23. The van der Waals surface area contributed by atoms with Crippen LogP contribution in [-0.4, -0.2) is 81.2 Å². The van der Waals surface area contributed by atoms with E-state index in [4.69, 9.17) is 28.4 Å². The maximum absolute atomic E-state index is 12.7. The van der Waals surface area contributed by atoms with Crippen LogP contribution in [0.5, 0.6) is 0 Å². The lowest BCUT2D eigenvalue weighted by atomic mass is 9.86. The molecule has 0 amide bonds. The summed E-state index contributed by atoms with van der Waals surface area (Å²) in [5.74, 6) is -1.08. The Morgan fingerprint density at radius 2 is 0.500 bits per heavy atom. The molecule has 4 aliphatic rings. The van der Waals surface area contributed by atoms with E-state index in [9.17, 15) is 33.6 Å². The molecule has 0 aromatic rings. The summed E-state index contributed by atoms with van der Waals surface area (Å²) in [6, 6.07) is 0. The molecule has 0 aliphatic heterocycles. The summed E-state index contributed by atoms with van der Waals surface area (Å²) in [6.45, 7) is -0.224. The molecule has 0 bridgehead atoms. The number of rotatable bonds is 32. The number of carbonyl (C=O) groups is 7. The van der Waals surface area contributed by atoms with Crippen LogP contribution in [0.25, 0.3) is 0 Å². The van der Waals surface area contributed by atoms with E-state index < -0.39 is 23.8 Å². The minimum Gasteiger partial charge on any atom is -0.465 e. The van der Waals surface area contributed by atoms with Crippen molar-refractivity contribution in [1.82, 2.24) is 0 Å². The van der Waals surface area contributed by atoms with Crippen LogP contribution in [-0.2, 0) is 62.0 Å². The fourth-order valence-electron chi connectivity index (χ4n) is 10.2. The van der Waals surface area contributed by atoms with E-state index in [-0.39, 0.29) is 108 Å². The molecule has 13 heteroatoms. The Labute approximate surface area is 396 Å². The van der Waals surface area contributed by atoms with Crippen molar-refractivity contribution in [3.8, 4) is 0 Å². The van der Waals surface area contributed by atoms with Gasteiger partial charge in [-0.05, 0) is 62.2 Å². The maximum atomic E-state index is 12.7. The maximum Gasteiger partial charge on any atom is 0.305 e. The molecule has 4 fully saturated rings. The third-order valence-electron chi connectivity index (χ3n) is 14.5. The molecule has 0 heterocycles. The first kappa shape index (κ1) is 55.1. The van der Waals surface area contributed by atoms with Crippen LogP contribution in [0, 0.1) is 35.5 Å². The second-order valence-electron chi connectivity index (χ2n) is 20.2. The lowest BCUT2D eigenvalue weighted by Gasteiger charge is -2.22. The highest BCUT2D eigenvalue weighted by molar-refractivity contribution is 5.80. The minimum absolute atomic E-state index is 0.0144. The Bertz CT molecular complexity index is 1240. The normalized spacial score (nSPS) is 17.8. The van der Waals surface area contributed by atoms with Gasteiger partial charge in [-0.15, -0.1) is 0 Å². The number of hydrogen-bond donors (Lipinski definition) is 0. The first-order valence-electron chi connectivity index (χ1n) is 26.6. The summed E-state index contributed by atoms with van der Waals surface area (Å²) in [7, 11) is 0. The number of hydrogen-bond acceptors (Lipinski definition) is 13. The predicted molar refractivity (Wildman–Crippen MR) is 249 cm³/mol. The van der Waals surface area contributed by atoms with Crippen molar-refractivity contribution in [1.29, 1.82) is 0 Å². The molecular formula is C53H86O13. The first-order valence-corrected chi connectivity index (χ1v) is 26.6. The van der Waals surface area contributed by atoms with Gasteiger partial charge in [0.2, 0.25) is 0 Å². The quantitative estimate of drug-likeness (QED) is 0.0461. The van der Waals surface area contributed by atoms with Crippen molar-refractivity contribution >= 4 is 41.6 Å². The fourth-order valence-corrected chi connectivity index (χ4v) is 10.2. The zero-order valence-electron chi connectivity index (χ0n) is 40.6. The summed E-state index contributed by atoms with van der Waals surface area (Å²) in [5.41, 5.74) is 0. The minimum atomic E-state index is -0.500. The van der Waals surface area contributed by atoms with Crippen LogP contribution in [0.3, 0.4) is 0 Å². The van der Waals surface area contributed by atoms with E-state index in [2.05, 4.69) is 0 Å². The van der Waals surface area contributed by atoms with Crippen LogP contribution in [0.1, 0.15) is 218 Å². The van der Waals surface area contributed by atoms with Crippen LogP contribution in [0.4, 0.5) is 0 Å². The molecular weight excluding hydrogens is 845 g/mol. The van der Waals surface area contributed by atoms with Gasteiger partial charge in [0.1, 0.15) is 45.4 Å². The van der Waals surface area contributed by atoms with Gasteiger partial charge in [0.05, 0.1) is 11.8 Å². The number of esters is 6. The first-order chi connectivity index (χ1) is 32.1. The lowest BCUT2D eigenvalue weighted by Crippen LogP contribution is -2.26. The summed E-state index contributed by atoms with van der Waals surface area (Å²) in [4.78, 5) is 88.4. The van der Waals surface area contributed by atoms with E-state index in [0.717, 1.165) is 77.0 Å². The van der Waals surface area contributed by atoms with Gasteiger partial charge in [-0.25, -0.2) is 0 Å². The monoisotopic (exact) mass is 931 g/mol. The van der Waals surface area contributed by atoms with Crippen LogP contribution in [0.2, 0.25) is 0 Å². The molecule has 4 rings (SSSR count). The van der Waals surface area contributed by atoms with Crippen LogP contribution in [0.15, 0.2) is 0 Å². The Balaban J connectivity index is 1.10. The third kappa shape index (κ3) is 26.1. The molecule has 0 aromatic carbocycles. The lowest BCUT2D eigenvalue weighted by molar-refractivity contribution is -0.156. The average molecular weight is 931 g/mol. The van der Waals surface area contributed by atoms with Gasteiger partial charge in [0.25, 0.3) is 0 Å². The van der Waals surface area contributed by atoms with Gasteiger partial charge in [-0.2, -0.15) is 0 Å². The summed E-state index contributed by atoms with van der Waals surface area (Å²) >= 11 is 0. The number of ether oxygens (including phenoxy) is 6. The third-order valence-corrected chi connectivity index (χ3v) is 14.5. The smallest absolute Gasteiger partial charge is 0.305 e. The van der Waals surface area contributed by atoms with E-state index >= 15 is 0 Å². The molecule has 0 N–H and O–H groups in total. The Kier molecular flexibility index (Phi) is 28.3. The average Bonchev–Trinajstić information content (AvgIpc) is 3.34. The van der Waals surface area contributed by atoms with Gasteiger partial charge in [0, 0.05) is 51.4 Å². The van der Waals surface area contributed by atoms with Gasteiger partial charge in [-0.3, -0.25) is 33.6 Å². The van der Waals surface area contributed by atoms with Crippen molar-refractivity contribution in [2.75, 3.05) is 39.6 Å². The Hall–Kier alpha value is -3.51. The van der Waals surface area contributed by atoms with Crippen molar-refractivity contribution in [3.05, 3.63) is 0 Å². The molecule has 4 aliphatic carbocycles. The second kappa shape index (κ2) is 33.9. The predicted octanol–water partition coefficient (Wildman–Crippen LogP) is 10.8. The van der Waals surface area contributed by atoms with Gasteiger partial charge in [-0.1, -0.05) is 128 Å². The summed E-state index contributed by atoms with van der Waals surface area (Å²) in [6.07, 6.45) is 29.3. The molecule has 0 unspecified atom stereocenters. The SMILES string of the molecule is O=C(CCCC(=O)OCC(COC(=O)CCC1CCCCC1)COC(=O)CCC1CCCCC1)CCCC(=O)OCC(COC(=O)CCC1CCCCC1)COC(=O)CCC1CCCCC1. The van der Waals surface area contributed by atoms with E-state index in [1.165, 1.54) is 77.0 Å². The number of ketones is 1. The highest BCUT2D eigenvalue weighted by atomic mass is 16.6. The van der Waals surface area contributed by atoms with E-state index in [1.54, 1.807) is 0 Å². The fraction of sp³-hybridized carbons (Fsp3) is 0.868. The van der Waals surface area contributed by atoms with Gasteiger partial charge >= 0.3 is 35.8 Å². The standard InChI is InChI=1S/C53H86O13/c54-47(23-13-25-48(55)61-35-45(37-63-50(57)31-27-41-15-5-1-6-16-41)38-64-51(58)32-28-42-17-7-2-8-18-42)24-14-26-49(56)62-36-46(39-65-52(59)33-29-43-19-9-3-10-20-43)40-66-53(60)34-30-44-21-11-4-12-22-44/h41-46H,1-40H2.